The number of carbonyl (C=O) groups is 1. The van der Waals surface area contributed by atoms with Crippen molar-refractivity contribution in [3.63, 3.8) is 0 Å². The van der Waals surface area contributed by atoms with Crippen molar-refractivity contribution >= 4 is 44.7 Å². The first kappa shape index (κ1) is 14.6. The second-order valence-electron chi connectivity index (χ2n) is 4.13. The molecule has 1 aromatic heterocycles. The zero-order valence-electron chi connectivity index (χ0n) is 10.5. The fourth-order valence-corrected chi connectivity index (χ4v) is 3.53. The van der Waals surface area contributed by atoms with Crippen LogP contribution in [0.5, 0.6) is 5.75 Å². The lowest BCUT2D eigenvalue weighted by molar-refractivity contribution is 0.0997. The second-order valence-corrected chi connectivity index (χ2v) is 6.24. The Balaban J connectivity index is 2.19. The van der Waals surface area contributed by atoms with Gasteiger partial charge in [0.25, 0.3) is 0 Å². The summed E-state index contributed by atoms with van der Waals surface area (Å²) in [5, 5.41) is 2.47. The maximum Gasteiger partial charge on any atom is 0.178 e. The number of Topliss-reactive ketones (excluding diaryl/α,β-unsaturated/α-hetero) is 1. The topological polar surface area (TPSA) is 26.3 Å². The summed E-state index contributed by atoms with van der Waals surface area (Å²) >= 11 is 10.9. The zero-order chi connectivity index (χ0) is 14.0. The molecule has 0 aliphatic heterocycles. The molecule has 0 spiro atoms. The van der Waals surface area contributed by atoms with Crippen LogP contribution in [-0.4, -0.2) is 12.9 Å². The van der Waals surface area contributed by atoms with E-state index in [2.05, 4.69) is 15.9 Å². The van der Waals surface area contributed by atoms with Gasteiger partial charge in [-0.15, -0.1) is 11.3 Å². The van der Waals surface area contributed by atoms with Gasteiger partial charge in [0.15, 0.2) is 5.78 Å². The lowest BCUT2D eigenvalue weighted by Gasteiger charge is -2.05. The van der Waals surface area contributed by atoms with Gasteiger partial charge in [-0.25, -0.2) is 0 Å². The van der Waals surface area contributed by atoms with Gasteiger partial charge in [-0.2, -0.15) is 0 Å². The Labute approximate surface area is 129 Å². The van der Waals surface area contributed by atoms with E-state index in [1.54, 1.807) is 7.11 Å². The van der Waals surface area contributed by atoms with E-state index in [0.29, 0.717) is 16.3 Å². The molecule has 0 bridgehead atoms. The average Bonchev–Trinajstić information content (AvgIpc) is 2.70. The van der Waals surface area contributed by atoms with Gasteiger partial charge in [0, 0.05) is 6.42 Å². The van der Waals surface area contributed by atoms with Crippen LogP contribution in [0.15, 0.2) is 28.1 Å². The van der Waals surface area contributed by atoms with Crippen molar-refractivity contribution in [1.82, 2.24) is 0 Å². The molecule has 2 nitrogen and oxygen atoms in total. The summed E-state index contributed by atoms with van der Waals surface area (Å²) in [5.74, 6) is 0.793. The molecule has 0 aliphatic carbocycles. The largest absolute Gasteiger partial charge is 0.496 e. The maximum absolute atomic E-state index is 12.2. The lowest BCUT2D eigenvalue weighted by atomic mass is 10.1. The highest BCUT2D eigenvalue weighted by molar-refractivity contribution is 9.10. The Bertz CT molecular complexity index is 622. The van der Waals surface area contributed by atoms with Crippen LogP contribution in [0.25, 0.3) is 0 Å². The molecule has 100 valence electrons. The Morgan fingerprint density at radius 1 is 1.47 bits per heavy atom. The number of methoxy groups -OCH3 is 1. The molecular formula is C14H12BrClO2S. The average molecular weight is 360 g/mol. The summed E-state index contributed by atoms with van der Waals surface area (Å²) in [6, 6.07) is 5.62. The molecule has 0 fully saturated rings. The summed E-state index contributed by atoms with van der Waals surface area (Å²) in [6.45, 7) is 1.90. The second kappa shape index (κ2) is 6.07. The number of halogens is 2. The van der Waals surface area contributed by atoms with Crippen LogP contribution in [0.2, 0.25) is 5.02 Å². The molecule has 0 unspecified atom stereocenters. The van der Waals surface area contributed by atoms with Crippen LogP contribution in [0.1, 0.15) is 20.8 Å². The van der Waals surface area contributed by atoms with Crippen molar-refractivity contribution in [2.24, 2.45) is 0 Å². The Kier molecular flexibility index (Phi) is 4.66. The third-order valence-electron chi connectivity index (χ3n) is 2.73. The van der Waals surface area contributed by atoms with Gasteiger partial charge in [0.1, 0.15) is 5.75 Å². The molecule has 1 heterocycles. The molecule has 1 aromatic carbocycles. The molecule has 0 aliphatic rings. The van der Waals surface area contributed by atoms with Gasteiger partial charge < -0.3 is 4.74 Å². The Morgan fingerprint density at radius 2 is 2.21 bits per heavy atom. The number of carbonyl (C=O) groups excluding carboxylic acids is 1. The van der Waals surface area contributed by atoms with Crippen molar-refractivity contribution in [2.45, 2.75) is 13.3 Å². The number of benzene rings is 1. The summed E-state index contributed by atoms with van der Waals surface area (Å²) in [6.07, 6.45) is 0.336. The van der Waals surface area contributed by atoms with Crippen LogP contribution >= 0.6 is 38.9 Å². The minimum Gasteiger partial charge on any atom is -0.496 e. The first-order chi connectivity index (χ1) is 9.02. The molecule has 5 heteroatoms. The SMILES string of the molecule is COc1ccc(CC(=O)c2scc(C)c2Cl)cc1Br. The number of ketones is 1. The number of rotatable bonds is 4. The number of hydrogen-bond donors (Lipinski definition) is 0. The highest BCUT2D eigenvalue weighted by Gasteiger charge is 2.15. The molecule has 0 N–H and O–H groups in total. The van der Waals surface area contributed by atoms with Gasteiger partial charge in [0.05, 0.1) is 21.5 Å². The van der Waals surface area contributed by atoms with E-state index in [9.17, 15) is 4.79 Å². The van der Waals surface area contributed by atoms with Crippen molar-refractivity contribution in [2.75, 3.05) is 7.11 Å². The molecule has 0 saturated carbocycles. The smallest absolute Gasteiger partial charge is 0.178 e. The maximum atomic E-state index is 12.2. The Hall–Kier alpha value is -0.840. The molecule has 2 rings (SSSR count). The predicted octanol–water partition coefficient (Wildman–Crippen LogP) is 4.91. The third kappa shape index (κ3) is 3.19. The van der Waals surface area contributed by atoms with E-state index in [-0.39, 0.29) is 5.78 Å². The van der Waals surface area contributed by atoms with E-state index in [1.165, 1.54) is 11.3 Å². The first-order valence-electron chi connectivity index (χ1n) is 5.62. The summed E-state index contributed by atoms with van der Waals surface area (Å²) < 4.78 is 6.00. The van der Waals surface area contributed by atoms with Gasteiger partial charge >= 0.3 is 0 Å². The van der Waals surface area contributed by atoms with Gasteiger partial charge in [-0.1, -0.05) is 17.7 Å². The minimum atomic E-state index is 0.0418. The number of ether oxygens (including phenoxy) is 1. The zero-order valence-corrected chi connectivity index (χ0v) is 13.7. The van der Waals surface area contributed by atoms with Gasteiger partial charge in [0.2, 0.25) is 0 Å². The quantitative estimate of drug-likeness (QED) is 0.725. The minimum absolute atomic E-state index is 0.0418. The standard InChI is InChI=1S/C14H12BrClO2S/c1-8-7-19-14(13(8)16)11(17)6-9-3-4-12(18-2)10(15)5-9/h3-5,7H,6H2,1-2H3. The van der Waals surface area contributed by atoms with Gasteiger partial charge in [-0.3, -0.25) is 4.79 Å². The molecule has 0 radical (unpaired) electrons. The van der Waals surface area contributed by atoms with E-state index < -0.39 is 0 Å². The molecular weight excluding hydrogens is 348 g/mol. The van der Waals surface area contributed by atoms with Crippen molar-refractivity contribution < 1.29 is 9.53 Å². The normalized spacial score (nSPS) is 10.5. The van der Waals surface area contributed by atoms with Crippen LogP contribution < -0.4 is 4.74 Å². The van der Waals surface area contributed by atoms with Crippen molar-refractivity contribution in [1.29, 1.82) is 0 Å². The lowest BCUT2D eigenvalue weighted by Crippen LogP contribution is -2.02. The summed E-state index contributed by atoms with van der Waals surface area (Å²) in [7, 11) is 1.61. The third-order valence-corrected chi connectivity index (χ3v) is 5.09. The van der Waals surface area contributed by atoms with Crippen LogP contribution in [0.4, 0.5) is 0 Å². The van der Waals surface area contributed by atoms with Crippen molar-refractivity contribution in [3.8, 4) is 5.75 Å². The monoisotopic (exact) mass is 358 g/mol. The molecule has 0 amide bonds. The highest BCUT2D eigenvalue weighted by Crippen LogP contribution is 2.30. The number of thiophene rings is 1. The molecule has 0 saturated heterocycles. The van der Waals surface area contributed by atoms with Crippen LogP contribution in [-0.2, 0) is 6.42 Å². The van der Waals surface area contributed by atoms with Gasteiger partial charge in [-0.05, 0) is 51.5 Å². The van der Waals surface area contributed by atoms with Crippen molar-refractivity contribution in [3.05, 3.63) is 49.1 Å². The number of aryl methyl sites for hydroxylation is 1. The highest BCUT2D eigenvalue weighted by atomic mass is 79.9. The summed E-state index contributed by atoms with van der Waals surface area (Å²) in [4.78, 5) is 12.8. The molecule has 0 atom stereocenters. The van der Waals surface area contributed by atoms with Crippen LogP contribution in [0, 0.1) is 6.92 Å². The Morgan fingerprint density at radius 3 is 2.74 bits per heavy atom. The fourth-order valence-electron chi connectivity index (χ4n) is 1.70. The molecule has 2 aromatic rings. The van der Waals surface area contributed by atoms with E-state index in [4.69, 9.17) is 16.3 Å². The predicted molar refractivity (Wildman–Crippen MR) is 82.8 cm³/mol. The first-order valence-corrected chi connectivity index (χ1v) is 7.67. The van der Waals surface area contributed by atoms with E-state index in [1.807, 2.05) is 30.5 Å². The fraction of sp³-hybridized carbons (Fsp3) is 0.214. The van der Waals surface area contributed by atoms with Crippen LogP contribution in [0.3, 0.4) is 0 Å². The molecule has 19 heavy (non-hydrogen) atoms. The summed E-state index contributed by atoms with van der Waals surface area (Å²) in [5.41, 5.74) is 1.88. The van der Waals surface area contributed by atoms with E-state index in [0.717, 1.165) is 21.3 Å². The number of hydrogen-bond acceptors (Lipinski definition) is 3. The van der Waals surface area contributed by atoms with E-state index >= 15 is 0 Å².